The number of nitrogens with zero attached hydrogens (tertiary/aromatic N) is 3. The van der Waals surface area contributed by atoms with Crippen LogP contribution in [0.25, 0.3) is 0 Å². The fraction of sp³-hybridized carbons (Fsp3) is 0.538. The average Bonchev–Trinajstić information content (AvgIpc) is 2.99. The van der Waals surface area contributed by atoms with Gasteiger partial charge in [-0.15, -0.1) is 11.3 Å². The molecule has 2 aromatic rings. The number of aromatic nitrogens is 3. The molecule has 0 spiro atoms. The molecule has 0 bridgehead atoms. The number of nitrogens with one attached hydrogen (secondary N) is 1. The van der Waals surface area contributed by atoms with Gasteiger partial charge in [-0.1, -0.05) is 0 Å². The summed E-state index contributed by atoms with van der Waals surface area (Å²) in [4.78, 5) is 5.54. The van der Waals surface area contributed by atoms with E-state index in [1.807, 2.05) is 16.0 Å². The van der Waals surface area contributed by atoms with Crippen LogP contribution in [0, 0.1) is 0 Å². The summed E-state index contributed by atoms with van der Waals surface area (Å²) in [6.07, 6.45) is 7.15. The van der Waals surface area contributed by atoms with Gasteiger partial charge in [0.25, 0.3) is 0 Å². The highest BCUT2D eigenvalue weighted by molar-refractivity contribution is 7.10. The van der Waals surface area contributed by atoms with Crippen molar-refractivity contribution in [1.29, 1.82) is 0 Å². The van der Waals surface area contributed by atoms with Crippen molar-refractivity contribution in [2.75, 3.05) is 0 Å². The van der Waals surface area contributed by atoms with E-state index in [2.05, 4.69) is 33.8 Å². The van der Waals surface area contributed by atoms with Crippen molar-refractivity contribution >= 4 is 11.3 Å². The third kappa shape index (κ3) is 2.47. The zero-order chi connectivity index (χ0) is 12.4. The SMILES string of the molecule is C[C@@H](Cn1cncn1)N[C@H]1CCCc2sccc21. The molecule has 5 heteroatoms. The summed E-state index contributed by atoms with van der Waals surface area (Å²) in [5.41, 5.74) is 1.51. The highest BCUT2D eigenvalue weighted by Gasteiger charge is 2.22. The van der Waals surface area contributed by atoms with E-state index < -0.39 is 0 Å². The van der Waals surface area contributed by atoms with E-state index in [0.29, 0.717) is 12.1 Å². The Bertz CT molecular complexity index is 491. The molecule has 2 atom stereocenters. The minimum Gasteiger partial charge on any atom is -0.306 e. The zero-order valence-corrected chi connectivity index (χ0v) is 11.4. The van der Waals surface area contributed by atoms with E-state index in [0.717, 1.165) is 6.54 Å². The molecule has 0 amide bonds. The summed E-state index contributed by atoms with van der Waals surface area (Å²) in [6.45, 7) is 3.08. The van der Waals surface area contributed by atoms with Crippen molar-refractivity contribution in [3.63, 3.8) is 0 Å². The molecule has 0 fully saturated rings. The van der Waals surface area contributed by atoms with Crippen molar-refractivity contribution in [2.24, 2.45) is 0 Å². The summed E-state index contributed by atoms with van der Waals surface area (Å²) < 4.78 is 1.88. The molecule has 96 valence electrons. The zero-order valence-electron chi connectivity index (χ0n) is 10.5. The van der Waals surface area contributed by atoms with E-state index in [1.165, 1.54) is 24.8 Å². The van der Waals surface area contributed by atoms with Crippen LogP contribution in [0.1, 0.15) is 36.2 Å². The Morgan fingerprint density at radius 2 is 2.56 bits per heavy atom. The summed E-state index contributed by atoms with van der Waals surface area (Å²) >= 11 is 1.89. The maximum absolute atomic E-state index is 4.15. The fourth-order valence-electron chi connectivity index (χ4n) is 2.66. The number of rotatable bonds is 4. The van der Waals surface area contributed by atoms with Crippen LogP contribution in [0.2, 0.25) is 0 Å². The van der Waals surface area contributed by atoms with Crippen molar-refractivity contribution in [3.8, 4) is 0 Å². The second kappa shape index (κ2) is 5.20. The summed E-state index contributed by atoms with van der Waals surface area (Å²) in [5.74, 6) is 0. The standard InChI is InChI=1S/C13H18N4S/c1-10(7-17-9-14-8-15-17)16-12-3-2-4-13-11(12)5-6-18-13/h5-6,8-10,12,16H,2-4,7H2,1H3/t10-,12-/m0/s1. The molecular formula is C13H18N4S. The Hall–Kier alpha value is -1.20. The van der Waals surface area contributed by atoms with Gasteiger partial charge in [0.2, 0.25) is 0 Å². The van der Waals surface area contributed by atoms with Crippen LogP contribution < -0.4 is 5.32 Å². The van der Waals surface area contributed by atoms with Crippen LogP contribution in [0.5, 0.6) is 0 Å². The van der Waals surface area contributed by atoms with Gasteiger partial charge in [-0.3, -0.25) is 4.68 Å². The Kier molecular flexibility index (Phi) is 3.43. The quantitative estimate of drug-likeness (QED) is 0.920. The molecule has 0 aliphatic heterocycles. The smallest absolute Gasteiger partial charge is 0.137 e. The second-order valence-corrected chi connectivity index (χ2v) is 5.93. The molecule has 1 N–H and O–H groups in total. The Morgan fingerprint density at radius 1 is 1.61 bits per heavy atom. The largest absolute Gasteiger partial charge is 0.306 e. The van der Waals surface area contributed by atoms with Gasteiger partial charge in [-0.25, -0.2) is 4.98 Å². The van der Waals surface area contributed by atoms with E-state index >= 15 is 0 Å². The van der Waals surface area contributed by atoms with E-state index in [9.17, 15) is 0 Å². The normalized spacial score (nSPS) is 20.6. The lowest BCUT2D eigenvalue weighted by atomic mass is 9.93. The average molecular weight is 262 g/mol. The lowest BCUT2D eigenvalue weighted by Crippen LogP contribution is -2.35. The predicted molar refractivity (Wildman–Crippen MR) is 72.6 cm³/mol. The van der Waals surface area contributed by atoms with Gasteiger partial charge in [0, 0.05) is 17.0 Å². The lowest BCUT2D eigenvalue weighted by molar-refractivity contribution is 0.372. The van der Waals surface area contributed by atoms with E-state index in [1.54, 1.807) is 17.5 Å². The summed E-state index contributed by atoms with van der Waals surface area (Å²) in [7, 11) is 0. The number of aryl methyl sites for hydroxylation is 1. The minimum atomic E-state index is 0.405. The van der Waals surface area contributed by atoms with Gasteiger partial charge in [0.15, 0.2) is 0 Å². The van der Waals surface area contributed by atoms with Gasteiger partial charge in [0.05, 0.1) is 6.54 Å². The number of hydrogen-bond donors (Lipinski definition) is 1. The van der Waals surface area contributed by atoms with Crippen molar-refractivity contribution < 1.29 is 0 Å². The summed E-state index contributed by atoms with van der Waals surface area (Å²) in [6, 6.07) is 3.19. The molecular weight excluding hydrogens is 244 g/mol. The maximum atomic E-state index is 4.15. The molecule has 0 saturated heterocycles. The number of thiophene rings is 1. The molecule has 2 heterocycles. The molecule has 3 rings (SSSR count). The molecule has 2 aromatic heterocycles. The highest BCUT2D eigenvalue weighted by Crippen LogP contribution is 2.33. The molecule has 18 heavy (non-hydrogen) atoms. The first-order valence-electron chi connectivity index (χ1n) is 6.47. The third-order valence-electron chi connectivity index (χ3n) is 3.47. The van der Waals surface area contributed by atoms with E-state index in [-0.39, 0.29) is 0 Å². The molecule has 0 radical (unpaired) electrons. The molecule has 1 aliphatic rings. The van der Waals surface area contributed by atoms with Gasteiger partial charge in [0.1, 0.15) is 12.7 Å². The van der Waals surface area contributed by atoms with Gasteiger partial charge < -0.3 is 5.32 Å². The van der Waals surface area contributed by atoms with Gasteiger partial charge in [-0.05, 0) is 43.2 Å². The van der Waals surface area contributed by atoms with Crippen LogP contribution in [-0.4, -0.2) is 20.8 Å². The second-order valence-electron chi connectivity index (χ2n) is 4.93. The van der Waals surface area contributed by atoms with Gasteiger partial charge in [-0.2, -0.15) is 5.10 Å². The van der Waals surface area contributed by atoms with Crippen LogP contribution in [0.3, 0.4) is 0 Å². The highest BCUT2D eigenvalue weighted by atomic mass is 32.1. The molecule has 1 aliphatic carbocycles. The van der Waals surface area contributed by atoms with Crippen LogP contribution in [0.4, 0.5) is 0 Å². The lowest BCUT2D eigenvalue weighted by Gasteiger charge is -2.27. The first-order valence-corrected chi connectivity index (χ1v) is 7.35. The summed E-state index contributed by atoms with van der Waals surface area (Å²) in [5, 5.41) is 10.1. The molecule has 0 unspecified atom stereocenters. The Morgan fingerprint density at radius 3 is 3.39 bits per heavy atom. The minimum absolute atomic E-state index is 0.405. The molecule has 0 aromatic carbocycles. The monoisotopic (exact) mass is 262 g/mol. The number of hydrogen-bond acceptors (Lipinski definition) is 4. The first-order chi connectivity index (χ1) is 8.83. The molecule has 0 saturated carbocycles. The van der Waals surface area contributed by atoms with Crippen LogP contribution in [0.15, 0.2) is 24.1 Å². The third-order valence-corrected chi connectivity index (χ3v) is 4.46. The predicted octanol–water partition coefficient (Wildman–Crippen LogP) is 2.40. The number of fused-ring (bicyclic) bond motifs is 1. The van der Waals surface area contributed by atoms with Gasteiger partial charge >= 0.3 is 0 Å². The fourth-order valence-corrected chi connectivity index (χ4v) is 3.65. The van der Waals surface area contributed by atoms with Crippen molar-refractivity contribution in [2.45, 2.75) is 44.8 Å². The Labute approximate surface area is 111 Å². The Balaban J connectivity index is 1.64. The maximum Gasteiger partial charge on any atom is 0.137 e. The first kappa shape index (κ1) is 11.9. The van der Waals surface area contributed by atoms with E-state index in [4.69, 9.17) is 0 Å². The van der Waals surface area contributed by atoms with Crippen molar-refractivity contribution in [1.82, 2.24) is 20.1 Å². The topological polar surface area (TPSA) is 42.7 Å². The van der Waals surface area contributed by atoms with Crippen molar-refractivity contribution in [3.05, 3.63) is 34.5 Å². The molecule has 4 nitrogen and oxygen atoms in total. The van der Waals surface area contributed by atoms with Crippen LogP contribution >= 0.6 is 11.3 Å². The van der Waals surface area contributed by atoms with Crippen LogP contribution in [-0.2, 0) is 13.0 Å².